The first-order chi connectivity index (χ1) is 19.3. The molecule has 1 amide bonds. The van der Waals surface area contributed by atoms with Crippen molar-refractivity contribution >= 4 is 52.7 Å². The van der Waals surface area contributed by atoms with Gasteiger partial charge in [-0.2, -0.15) is 12.6 Å². The molecule has 0 aliphatic heterocycles. The van der Waals surface area contributed by atoms with Crippen molar-refractivity contribution in [2.45, 2.75) is 49.5 Å². The molecule has 0 bridgehead atoms. The highest BCUT2D eigenvalue weighted by Gasteiger charge is 2.24. The molecule has 40 heavy (non-hydrogen) atoms. The van der Waals surface area contributed by atoms with Crippen LogP contribution in [0.2, 0.25) is 5.02 Å². The monoisotopic (exact) mass is 578 g/mol. The van der Waals surface area contributed by atoms with E-state index in [0.717, 1.165) is 60.1 Å². The predicted octanol–water partition coefficient (Wildman–Crippen LogP) is 6.27. The Hall–Kier alpha value is -3.27. The number of carbonyl (C=O) groups excluding carboxylic acids is 1. The van der Waals surface area contributed by atoms with Crippen LogP contribution in [0, 0.1) is 0 Å². The molecule has 0 unspecified atom stereocenters. The van der Waals surface area contributed by atoms with Gasteiger partial charge in [-0.1, -0.05) is 29.8 Å². The van der Waals surface area contributed by atoms with E-state index >= 15 is 0 Å². The van der Waals surface area contributed by atoms with Gasteiger partial charge in [0.2, 0.25) is 11.9 Å². The Morgan fingerprint density at radius 3 is 2.80 bits per heavy atom. The van der Waals surface area contributed by atoms with Crippen LogP contribution in [-0.2, 0) is 4.79 Å². The van der Waals surface area contributed by atoms with E-state index in [1.165, 1.54) is 0 Å². The third-order valence-electron chi connectivity index (χ3n) is 6.99. The lowest BCUT2D eigenvalue weighted by atomic mass is 9.93. The Bertz CT molecular complexity index is 1440. The van der Waals surface area contributed by atoms with Crippen molar-refractivity contribution in [3.05, 3.63) is 65.9 Å². The van der Waals surface area contributed by atoms with Crippen LogP contribution in [0.1, 0.15) is 32.1 Å². The molecule has 5 rings (SSSR count). The van der Waals surface area contributed by atoms with Gasteiger partial charge < -0.3 is 25.3 Å². The maximum atomic E-state index is 12.3. The van der Waals surface area contributed by atoms with Gasteiger partial charge >= 0.3 is 0 Å². The number of para-hydroxylation sites is 1. The van der Waals surface area contributed by atoms with Gasteiger partial charge in [0.25, 0.3) is 0 Å². The summed E-state index contributed by atoms with van der Waals surface area (Å²) in [5, 5.41) is 8.02. The number of thiol groups is 1. The normalized spacial score (nSPS) is 18.0. The summed E-state index contributed by atoms with van der Waals surface area (Å²) in [6, 6.07) is 15.8. The first-order valence-electron chi connectivity index (χ1n) is 13.6. The maximum Gasteiger partial charge on any atom is 0.225 e. The van der Waals surface area contributed by atoms with E-state index in [2.05, 4.69) is 39.3 Å². The van der Waals surface area contributed by atoms with Crippen LogP contribution in [-0.4, -0.2) is 63.8 Å². The van der Waals surface area contributed by atoms with Crippen molar-refractivity contribution in [1.29, 1.82) is 0 Å². The van der Waals surface area contributed by atoms with Crippen LogP contribution in [0.3, 0.4) is 0 Å². The smallest absolute Gasteiger partial charge is 0.225 e. The van der Waals surface area contributed by atoms with Crippen LogP contribution < -0.4 is 15.4 Å². The van der Waals surface area contributed by atoms with Crippen molar-refractivity contribution < 1.29 is 9.53 Å². The fourth-order valence-corrected chi connectivity index (χ4v) is 5.87. The van der Waals surface area contributed by atoms with E-state index in [4.69, 9.17) is 21.3 Å². The van der Waals surface area contributed by atoms with Crippen molar-refractivity contribution in [1.82, 2.24) is 19.9 Å². The Morgan fingerprint density at radius 2 is 2.00 bits per heavy atom. The number of benzene rings is 2. The topological polar surface area (TPSA) is 95.2 Å². The molecule has 3 N–H and O–H groups in total. The van der Waals surface area contributed by atoms with Gasteiger partial charge in [-0.3, -0.25) is 4.79 Å². The van der Waals surface area contributed by atoms with Gasteiger partial charge in [0.05, 0.1) is 16.9 Å². The summed E-state index contributed by atoms with van der Waals surface area (Å²) >= 11 is 11.0. The van der Waals surface area contributed by atoms with Crippen molar-refractivity contribution in [3.63, 3.8) is 0 Å². The Kier molecular flexibility index (Phi) is 9.14. The zero-order chi connectivity index (χ0) is 28.1. The molecule has 210 valence electrons. The number of nitrogens with one attached hydrogen (secondary N) is 3. The highest BCUT2D eigenvalue weighted by atomic mass is 35.5. The quantitative estimate of drug-likeness (QED) is 0.166. The summed E-state index contributed by atoms with van der Waals surface area (Å²) in [5.41, 5.74) is 3.44. The van der Waals surface area contributed by atoms with Gasteiger partial charge in [-0.05, 0) is 63.7 Å². The van der Waals surface area contributed by atoms with Gasteiger partial charge in [-0.25, -0.2) is 9.97 Å². The number of hydrogen-bond acceptors (Lipinski definition) is 7. The first-order valence-corrected chi connectivity index (χ1v) is 14.5. The van der Waals surface area contributed by atoms with E-state index in [-0.39, 0.29) is 23.3 Å². The number of halogens is 1. The Morgan fingerprint density at radius 1 is 1.20 bits per heavy atom. The number of aromatic nitrogens is 3. The molecule has 1 aliphatic carbocycles. The van der Waals surface area contributed by atoms with Crippen molar-refractivity contribution in [3.8, 4) is 17.0 Å². The molecule has 10 heteroatoms. The summed E-state index contributed by atoms with van der Waals surface area (Å²) in [7, 11) is 3.94. The van der Waals surface area contributed by atoms with Gasteiger partial charge in [0.1, 0.15) is 11.9 Å². The molecule has 1 saturated carbocycles. The molecule has 0 saturated heterocycles. The number of fused-ring (bicyclic) bond motifs is 1. The summed E-state index contributed by atoms with van der Waals surface area (Å²) < 4.78 is 6.30. The Balaban J connectivity index is 1.17. The second-order valence-electron chi connectivity index (χ2n) is 10.6. The zero-order valence-corrected chi connectivity index (χ0v) is 24.4. The highest BCUT2D eigenvalue weighted by Crippen LogP contribution is 2.33. The van der Waals surface area contributed by atoms with E-state index in [0.29, 0.717) is 23.1 Å². The second-order valence-corrected chi connectivity index (χ2v) is 11.7. The number of H-pyrrole nitrogens is 1. The minimum Gasteiger partial charge on any atom is -0.490 e. The third-order valence-corrected chi connectivity index (χ3v) is 7.61. The molecule has 2 aromatic carbocycles. The number of anilines is 2. The standard InChI is InChI=1S/C30H35ClN6O2S/c1-37(2)18-23(40)15-28(38)34-19-10-12-21(13-11-19)39-22-7-5-6-20(14-22)35-30-33-17-26(31)29(36-30)25-16-32-27-9-4-3-8-24(25)27/h3-4,8-13,16-17,20,22-23,32,40H,5-7,14-15,18H2,1-2H3,(H,34,38)(H,33,35,36)/t20-,22-,23-/m1/s1. The summed E-state index contributed by atoms with van der Waals surface area (Å²) in [5.74, 6) is 1.30. The van der Waals surface area contributed by atoms with Crippen LogP contribution in [0.25, 0.3) is 22.2 Å². The molecule has 8 nitrogen and oxygen atoms in total. The van der Waals surface area contributed by atoms with E-state index < -0.39 is 0 Å². The SMILES string of the molecule is CN(C)C[C@H](S)CC(=O)Nc1ccc(O[C@@H]2CCC[C@@H](Nc3ncc(Cl)c(-c4c[nH]c5ccccc45)n3)C2)cc1. The number of aromatic amines is 1. The minimum absolute atomic E-state index is 0.0103. The fourth-order valence-electron chi connectivity index (χ4n) is 5.18. The fraction of sp³-hybridized carbons (Fsp3) is 0.367. The zero-order valence-electron chi connectivity index (χ0n) is 22.7. The molecule has 1 aliphatic rings. The number of amides is 1. The van der Waals surface area contributed by atoms with Crippen molar-refractivity contribution in [2.24, 2.45) is 0 Å². The van der Waals surface area contributed by atoms with E-state index in [9.17, 15) is 4.79 Å². The number of carbonyl (C=O) groups is 1. The average Bonchev–Trinajstić information content (AvgIpc) is 3.35. The number of nitrogens with zero attached hydrogens (tertiary/aromatic N) is 3. The Labute approximate surface area is 245 Å². The van der Waals surface area contributed by atoms with Gasteiger partial charge in [-0.15, -0.1) is 0 Å². The third kappa shape index (κ3) is 7.27. The predicted molar refractivity (Wildman–Crippen MR) is 166 cm³/mol. The molecular weight excluding hydrogens is 544 g/mol. The summed E-state index contributed by atoms with van der Waals surface area (Å²) in [6.45, 7) is 0.746. The van der Waals surface area contributed by atoms with Crippen LogP contribution in [0.4, 0.5) is 11.6 Å². The van der Waals surface area contributed by atoms with Crippen LogP contribution in [0.5, 0.6) is 5.75 Å². The minimum atomic E-state index is -0.0472. The first kappa shape index (κ1) is 28.3. The van der Waals surface area contributed by atoms with Gasteiger partial charge in [0.15, 0.2) is 0 Å². The number of ether oxygens (including phenoxy) is 1. The lowest BCUT2D eigenvalue weighted by Gasteiger charge is -2.30. The lowest BCUT2D eigenvalue weighted by molar-refractivity contribution is -0.116. The molecule has 3 atom stereocenters. The molecule has 0 radical (unpaired) electrons. The number of rotatable bonds is 10. The number of hydrogen-bond donors (Lipinski definition) is 4. The van der Waals surface area contributed by atoms with Crippen molar-refractivity contribution in [2.75, 3.05) is 31.3 Å². The van der Waals surface area contributed by atoms with Crippen LogP contribution >= 0.6 is 24.2 Å². The summed E-state index contributed by atoms with van der Waals surface area (Å²) in [6.07, 6.45) is 7.89. The van der Waals surface area contributed by atoms with E-state index in [1.807, 2.05) is 67.7 Å². The highest BCUT2D eigenvalue weighted by molar-refractivity contribution is 7.81. The molecule has 2 heterocycles. The molecule has 2 aromatic heterocycles. The molecule has 4 aromatic rings. The second kappa shape index (κ2) is 12.9. The molecule has 1 fully saturated rings. The van der Waals surface area contributed by atoms with Gasteiger partial charge in [0, 0.05) is 59.0 Å². The summed E-state index contributed by atoms with van der Waals surface area (Å²) in [4.78, 5) is 26.9. The largest absolute Gasteiger partial charge is 0.490 e. The lowest BCUT2D eigenvalue weighted by Crippen LogP contribution is -2.33. The average molecular weight is 579 g/mol. The maximum absolute atomic E-state index is 12.3. The van der Waals surface area contributed by atoms with Crippen LogP contribution in [0.15, 0.2) is 60.9 Å². The molecular formula is C30H35ClN6O2S. The van der Waals surface area contributed by atoms with E-state index in [1.54, 1.807) is 6.20 Å². The molecule has 0 spiro atoms.